The van der Waals surface area contributed by atoms with E-state index < -0.39 is 0 Å². The second-order valence-electron chi connectivity index (χ2n) is 6.25. The molecule has 0 spiro atoms. The Kier molecular flexibility index (Phi) is 5.63. The number of hydrogen-bond acceptors (Lipinski definition) is 4. The lowest BCUT2D eigenvalue weighted by molar-refractivity contribution is -0.00422. The summed E-state index contributed by atoms with van der Waals surface area (Å²) in [5.74, 6) is 0.756. The molecule has 0 bridgehead atoms. The molecule has 4 nitrogen and oxygen atoms in total. The molecule has 2 aliphatic heterocycles. The van der Waals surface area contributed by atoms with Crippen molar-refractivity contribution in [3.63, 3.8) is 0 Å². The first kappa shape index (κ1) is 15.2. The largest absolute Gasteiger partial charge is 0.384 e. The summed E-state index contributed by atoms with van der Waals surface area (Å²) in [6, 6.07) is 0. The highest BCUT2D eigenvalue weighted by Crippen LogP contribution is 2.32. The molecule has 0 saturated carbocycles. The minimum atomic E-state index is 0.281. The topological polar surface area (TPSA) is 41.7 Å². The molecule has 0 aliphatic carbocycles. The van der Waals surface area contributed by atoms with E-state index in [1.165, 1.54) is 58.4 Å². The lowest BCUT2D eigenvalue weighted by atomic mass is 9.83. The minimum Gasteiger partial charge on any atom is -0.384 e. The molecule has 2 aliphatic rings. The van der Waals surface area contributed by atoms with Gasteiger partial charge < -0.3 is 15.4 Å². The maximum Gasteiger partial charge on any atom is 0.0491 e. The number of nitrogens with zero attached hydrogens (tertiary/aromatic N) is 2. The number of piperidine rings is 2. The molecule has 19 heavy (non-hydrogen) atoms. The van der Waals surface area contributed by atoms with Gasteiger partial charge in [0.05, 0.1) is 0 Å². The number of ether oxygens (including phenoxy) is 1. The highest BCUT2D eigenvalue weighted by molar-refractivity contribution is 4.97. The molecule has 2 rings (SSSR count). The first-order valence-corrected chi connectivity index (χ1v) is 7.90. The van der Waals surface area contributed by atoms with Gasteiger partial charge in [0.1, 0.15) is 0 Å². The first-order valence-electron chi connectivity index (χ1n) is 7.90. The van der Waals surface area contributed by atoms with Gasteiger partial charge in [-0.25, -0.2) is 0 Å². The number of nitrogens with two attached hydrogens (primary N) is 1. The SMILES string of the molecule is CCN1CCC(CN)(N2CCC(COC)CC2)CC1. The molecule has 2 fully saturated rings. The summed E-state index contributed by atoms with van der Waals surface area (Å²) in [6.07, 6.45) is 5.03. The van der Waals surface area contributed by atoms with Gasteiger partial charge in [0.15, 0.2) is 0 Å². The molecule has 0 atom stereocenters. The van der Waals surface area contributed by atoms with Crippen LogP contribution in [0.25, 0.3) is 0 Å². The highest BCUT2D eigenvalue weighted by atomic mass is 16.5. The van der Waals surface area contributed by atoms with E-state index in [2.05, 4.69) is 16.7 Å². The summed E-state index contributed by atoms with van der Waals surface area (Å²) >= 11 is 0. The first-order chi connectivity index (χ1) is 9.24. The van der Waals surface area contributed by atoms with Crippen LogP contribution in [0.4, 0.5) is 0 Å². The normalized spacial score (nSPS) is 26.7. The predicted molar refractivity (Wildman–Crippen MR) is 79.3 cm³/mol. The van der Waals surface area contributed by atoms with E-state index in [0.29, 0.717) is 0 Å². The van der Waals surface area contributed by atoms with Gasteiger partial charge in [0.2, 0.25) is 0 Å². The van der Waals surface area contributed by atoms with E-state index in [-0.39, 0.29) is 5.54 Å². The van der Waals surface area contributed by atoms with Crippen molar-refractivity contribution in [2.24, 2.45) is 11.7 Å². The molecule has 2 heterocycles. The third-order valence-electron chi connectivity index (χ3n) is 5.30. The van der Waals surface area contributed by atoms with Gasteiger partial charge in [-0.1, -0.05) is 6.92 Å². The maximum absolute atomic E-state index is 6.16. The van der Waals surface area contributed by atoms with Crippen LogP contribution in [0.1, 0.15) is 32.6 Å². The van der Waals surface area contributed by atoms with E-state index >= 15 is 0 Å². The Balaban J connectivity index is 1.88. The summed E-state index contributed by atoms with van der Waals surface area (Å²) in [4.78, 5) is 5.23. The zero-order valence-electron chi connectivity index (χ0n) is 12.7. The Morgan fingerprint density at radius 3 is 2.26 bits per heavy atom. The molecular weight excluding hydrogens is 238 g/mol. The maximum atomic E-state index is 6.16. The summed E-state index contributed by atoms with van der Waals surface area (Å²) < 4.78 is 5.29. The number of rotatable bonds is 5. The van der Waals surface area contributed by atoms with E-state index in [4.69, 9.17) is 10.5 Å². The van der Waals surface area contributed by atoms with Crippen molar-refractivity contribution in [3.8, 4) is 0 Å². The molecule has 0 aromatic carbocycles. The Labute approximate surface area is 118 Å². The van der Waals surface area contributed by atoms with Crippen LogP contribution in [0.15, 0.2) is 0 Å². The van der Waals surface area contributed by atoms with Gasteiger partial charge in [0, 0.05) is 25.8 Å². The van der Waals surface area contributed by atoms with Gasteiger partial charge in [-0.15, -0.1) is 0 Å². The lowest BCUT2D eigenvalue weighted by Crippen LogP contribution is -2.61. The second kappa shape index (κ2) is 7.02. The van der Waals surface area contributed by atoms with Crippen LogP contribution in [0.2, 0.25) is 0 Å². The predicted octanol–water partition coefficient (Wildman–Crippen LogP) is 1.16. The van der Waals surface area contributed by atoms with Crippen LogP contribution in [0.5, 0.6) is 0 Å². The van der Waals surface area contributed by atoms with Crippen molar-refractivity contribution in [1.82, 2.24) is 9.80 Å². The number of hydrogen-bond donors (Lipinski definition) is 1. The Bertz CT molecular complexity index is 256. The molecule has 112 valence electrons. The Morgan fingerprint density at radius 2 is 1.79 bits per heavy atom. The molecule has 0 unspecified atom stereocenters. The van der Waals surface area contributed by atoms with Gasteiger partial charge in [-0.3, -0.25) is 4.90 Å². The van der Waals surface area contributed by atoms with Crippen molar-refractivity contribution < 1.29 is 4.74 Å². The fourth-order valence-corrected chi connectivity index (χ4v) is 3.74. The van der Waals surface area contributed by atoms with Gasteiger partial charge >= 0.3 is 0 Å². The molecule has 0 aromatic heterocycles. The van der Waals surface area contributed by atoms with Gasteiger partial charge in [-0.05, 0) is 64.3 Å². The van der Waals surface area contributed by atoms with E-state index in [1.54, 1.807) is 0 Å². The van der Waals surface area contributed by atoms with Gasteiger partial charge in [0.25, 0.3) is 0 Å². The molecule has 2 N–H and O–H groups in total. The summed E-state index contributed by atoms with van der Waals surface area (Å²) in [5, 5.41) is 0. The molecule has 4 heteroatoms. The fraction of sp³-hybridized carbons (Fsp3) is 1.00. The molecular formula is C15H31N3O. The Morgan fingerprint density at radius 1 is 1.16 bits per heavy atom. The van der Waals surface area contributed by atoms with Crippen LogP contribution >= 0.6 is 0 Å². The van der Waals surface area contributed by atoms with Crippen molar-refractivity contribution in [3.05, 3.63) is 0 Å². The lowest BCUT2D eigenvalue weighted by Gasteiger charge is -2.50. The van der Waals surface area contributed by atoms with Crippen molar-refractivity contribution in [2.75, 3.05) is 53.0 Å². The zero-order valence-corrected chi connectivity index (χ0v) is 12.7. The van der Waals surface area contributed by atoms with Gasteiger partial charge in [-0.2, -0.15) is 0 Å². The zero-order chi connectivity index (χ0) is 13.7. The molecule has 2 saturated heterocycles. The van der Waals surface area contributed by atoms with E-state index in [1.807, 2.05) is 7.11 Å². The monoisotopic (exact) mass is 269 g/mol. The second-order valence-corrected chi connectivity index (χ2v) is 6.25. The third-order valence-corrected chi connectivity index (χ3v) is 5.30. The van der Waals surface area contributed by atoms with E-state index in [9.17, 15) is 0 Å². The van der Waals surface area contributed by atoms with Crippen molar-refractivity contribution >= 4 is 0 Å². The quantitative estimate of drug-likeness (QED) is 0.813. The van der Waals surface area contributed by atoms with Crippen molar-refractivity contribution in [1.29, 1.82) is 0 Å². The number of likely N-dealkylation sites (tertiary alicyclic amines) is 2. The van der Waals surface area contributed by atoms with Crippen LogP contribution in [0, 0.1) is 5.92 Å². The van der Waals surface area contributed by atoms with Crippen LogP contribution in [-0.2, 0) is 4.74 Å². The van der Waals surface area contributed by atoms with E-state index in [0.717, 1.165) is 19.1 Å². The van der Waals surface area contributed by atoms with Crippen LogP contribution < -0.4 is 5.73 Å². The average molecular weight is 269 g/mol. The summed E-state index contributed by atoms with van der Waals surface area (Å²) in [7, 11) is 1.81. The summed E-state index contributed by atoms with van der Waals surface area (Å²) in [5.41, 5.74) is 6.45. The highest BCUT2D eigenvalue weighted by Gasteiger charge is 2.39. The fourth-order valence-electron chi connectivity index (χ4n) is 3.74. The van der Waals surface area contributed by atoms with Crippen LogP contribution in [0.3, 0.4) is 0 Å². The average Bonchev–Trinajstić information content (AvgIpc) is 2.48. The summed E-state index contributed by atoms with van der Waals surface area (Å²) in [6.45, 7) is 10.0. The van der Waals surface area contributed by atoms with Crippen molar-refractivity contribution in [2.45, 2.75) is 38.1 Å². The standard InChI is InChI=1S/C15H31N3O/c1-3-17-10-6-15(13-16,7-11-17)18-8-4-14(5-9-18)12-19-2/h14H,3-13,16H2,1-2H3. The molecule has 0 radical (unpaired) electrons. The smallest absolute Gasteiger partial charge is 0.0491 e. The number of methoxy groups -OCH3 is 1. The Hall–Kier alpha value is -0.160. The molecule has 0 aromatic rings. The third kappa shape index (κ3) is 3.48. The van der Waals surface area contributed by atoms with Crippen LogP contribution in [-0.4, -0.2) is 68.3 Å². The molecule has 0 amide bonds. The minimum absolute atomic E-state index is 0.281.